The maximum Gasteiger partial charge on any atom is 0.241 e. The van der Waals surface area contributed by atoms with E-state index in [1.54, 1.807) is 36.5 Å². The maximum atomic E-state index is 10.2. The summed E-state index contributed by atoms with van der Waals surface area (Å²) in [5.74, 6) is -0.442. The molecule has 0 aromatic rings. The predicted molar refractivity (Wildman–Crippen MR) is 46.8 cm³/mol. The van der Waals surface area contributed by atoms with Crippen molar-refractivity contribution in [3.05, 3.63) is 49.1 Å². The lowest BCUT2D eigenvalue weighted by Crippen LogP contribution is -2.04. The first-order valence-electron chi connectivity index (χ1n) is 3.19. The zero-order valence-electron chi connectivity index (χ0n) is 6.23. The third kappa shape index (κ3) is 8.43. The van der Waals surface area contributed by atoms with Gasteiger partial charge in [-0.15, -0.1) is 0 Å². The third-order valence-corrected chi connectivity index (χ3v) is 0.841. The second kappa shape index (κ2) is 6.55. The van der Waals surface area contributed by atoms with Crippen LogP contribution in [0.25, 0.3) is 0 Å². The van der Waals surface area contributed by atoms with Gasteiger partial charge in [0.25, 0.3) is 0 Å². The molecule has 2 nitrogen and oxygen atoms in total. The highest BCUT2D eigenvalue weighted by molar-refractivity contribution is 5.85. The second-order valence-electron chi connectivity index (χ2n) is 1.77. The summed E-state index contributed by atoms with van der Waals surface area (Å²) in [4.78, 5) is 10.2. The van der Waals surface area contributed by atoms with Crippen LogP contribution in [0.2, 0.25) is 0 Å². The number of carbonyl (C=O) groups is 1. The number of nitrogens with two attached hydrogens (primary N) is 1. The van der Waals surface area contributed by atoms with E-state index in [9.17, 15) is 4.79 Å². The molecule has 58 valence electrons. The minimum absolute atomic E-state index is 0.442. The zero-order chi connectivity index (χ0) is 8.53. The zero-order valence-corrected chi connectivity index (χ0v) is 6.23. The summed E-state index contributed by atoms with van der Waals surface area (Å²) in [6.45, 7) is 3.49. The molecule has 0 bridgehead atoms. The Kier molecular flexibility index (Phi) is 5.61. The molecule has 0 saturated heterocycles. The molecular formula is C9H11NO. The maximum absolute atomic E-state index is 10.2. The van der Waals surface area contributed by atoms with E-state index in [-0.39, 0.29) is 0 Å². The van der Waals surface area contributed by atoms with E-state index < -0.39 is 5.91 Å². The molecule has 11 heavy (non-hydrogen) atoms. The number of allylic oxidation sites excluding steroid dienone is 6. The number of hydrogen-bond donors (Lipinski definition) is 1. The van der Waals surface area contributed by atoms with Crippen LogP contribution in [-0.2, 0) is 4.79 Å². The fourth-order valence-corrected chi connectivity index (χ4v) is 0.421. The van der Waals surface area contributed by atoms with Crippen molar-refractivity contribution in [2.75, 3.05) is 0 Å². The van der Waals surface area contributed by atoms with Crippen LogP contribution in [0.1, 0.15) is 0 Å². The van der Waals surface area contributed by atoms with Crippen molar-refractivity contribution < 1.29 is 4.79 Å². The molecule has 0 radical (unpaired) electrons. The van der Waals surface area contributed by atoms with Gasteiger partial charge in [0.2, 0.25) is 5.91 Å². The monoisotopic (exact) mass is 149 g/mol. The Bertz CT molecular complexity index is 212. The van der Waals surface area contributed by atoms with E-state index in [0.29, 0.717) is 0 Å². The summed E-state index contributed by atoms with van der Waals surface area (Å²) in [7, 11) is 0. The number of carbonyl (C=O) groups excluding carboxylic acids is 1. The first kappa shape index (κ1) is 9.43. The fourth-order valence-electron chi connectivity index (χ4n) is 0.421. The highest BCUT2D eigenvalue weighted by Crippen LogP contribution is 1.79. The lowest BCUT2D eigenvalue weighted by atomic mass is 10.4. The van der Waals surface area contributed by atoms with Crippen LogP contribution in [0, 0.1) is 0 Å². The van der Waals surface area contributed by atoms with Crippen molar-refractivity contribution in [2.24, 2.45) is 5.73 Å². The van der Waals surface area contributed by atoms with Crippen LogP contribution in [0.3, 0.4) is 0 Å². The standard InChI is InChI=1S/C9H11NO/c1-2-3-4-5-6-7-8-9(10)11/h2-8H,1H2,(H2,10,11)/b4-3+,6-5-,8-7+. The Morgan fingerprint density at radius 1 is 1.09 bits per heavy atom. The van der Waals surface area contributed by atoms with Crippen molar-refractivity contribution in [2.45, 2.75) is 0 Å². The van der Waals surface area contributed by atoms with Gasteiger partial charge >= 0.3 is 0 Å². The van der Waals surface area contributed by atoms with E-state index in [1.807, 2.05) is 0 Å². The van der Waals surface area contributed by atoms with Gasteiger partial charge in [-0.1, -0.05) is 43.0 Å². The molecule has 0 unspecified atom stereocenters. The Morgan fingerprint density at radius 2 is 1.64 bits per heavy atom. The molecule has 1 amide bonds. The summed E-state index contributed by atoms with van der Waals surface area (Å²) < 4.78 is 0. The lowest BCUT2D eigenvalue weighted by Gasteiger charge is -1.74. The smallest absolute Gasteiger partial charge is 0.241 e. The molecule has 0 aromatic heterocycles. The number of hydrogen-bond acceptors (Lipinski definition) is 1. The molecule has 0 aliphatic carbocycles. The van der Waals surface area contributed by atoms with Gasteiger partial charge in [0, 0.05) is 6.08 Å². The first-order chi connectivity index (χ1) is 5.27. The van der Waals surface area contributed by atoms with E-state index in [4.69, 9.17) is 5.73 Å². The second-order valence-corrected chi connectivity index (χ2v) is 1.77. The quantitative estimate of drug-likeness (QED) is 0.475. The summed E-state index contributed by atoms with van der Waals surface area (Å²) in [6, 6.07) is 0. The molecule has 2 heteroatoms. The summed E-state index contributed by atoms with van der Waals surface area (Å²) in [5, 5.41) is 0. The Morgan fingerprint density at radius 3 is 2.18 bits per heavy atom. The van der Waals surface area contributed by atoms with Gasteiger partial charge in [-0.2, -0.15) is 0 Å². The molecule has 0 rings (SSSR count). The Labute approximate surface area is 66.4 Å². The average molecular weight is 149 g/mol. The normalized spacial score (nSPS) is 11.6. The highest BCUT2D eigenvalue weighted by atomic mass is 16.1. The van der Waals surface area contributed by atoms with Crippen LogP contribution in [0.5, 0.6) is 0 Å². The van der Waals surface area contributed by atoms with Crippen LogP contribution in [0.15, 0.2) is 49.1 Å². The van der Waals surface area contributed by atoms with Crippen LogP contribution >= 0.6 is 0 Å². The van der Waals surface area contributed by atoms with Gasteiger partial charge in [-0.3, -0.25) is 4.79 Å². The minimum atomic E-state index is -0.442. The Balaban J connectivity index is 3.68. The first-order valence-corrected chi connectivity index (χ1v) is 3.19. The van der Waals surface area contributed by atoms with Gasteiger partial charge in [0.1, 0.15) is 0 Å². The van der Waals surface area contributed by atoms with E-state index in [1.165, 1.54) is 6.08 Å². The van der Waals surface area contributed by atoms with Crippen LogP contribution in [0.4, 0.5) is 0 Å². The summed E-state index contributed by atoms with van der Waals surface area (Å²) in [5.41, 5.74) is 4.84. The molecule has 0 aromatic carbocycles. The van der Waals surface area contributed by atoms with Crippen molar-refractivity contribution in [3.8, 4) is 0 Å². The minimum Gasteiger partial charge on any atom is -0.366 e. The van der Waals surface area contributed by atoms with E-state index in [2.05, 4.69) is 6.58 Å². The predicted octanol–water partition coefficient (Wildman–Crippen LogP) is 1.33. The molecular weight excluding hydrogens is 138 g/mol. The van der Waals surface area contributed by atoms with Gasteiger partial charge in [-0.25, -0.2) is 0 Å². The fraction of sp³-hybridized carbons (Fsp3) is 0. The van der Waals surface area contributed by atoms with Crippen LogP contribution in [-0.4, -0.2) is 5.91 Å². The SMILES string of the molecule is C=C/C=C/C=C\C=C\C(N)=O. The van der Waals surface area contributed by atoms with Crippen LogP contribution < -0.4 is 5.73 Å². The number of rotatable bonds is 4. The number of amides is 1. The molecule has 0 spiro atoms. The van der Waals surface area contributed by atoms with Crippen molar-refractivity contribution in [1.82, 2.24) is 0 Å². The van der Waals surface area contributed by atoms with E-state index >= 15 is 0 Å². The van der Waals surface area contributed by atoms with E-state index in [0.717, 1.165) is 0 Å². The molecule has 0 heterocycles. The topological polar surface area (TPSA) is 43.1 Å². The highest BCUT2D eigenvalue weighted by Gasteiger charge is 1.75. The molecule has 0 atom stereocenters. The van der Waals surface area contributed by atoms with Crippen molar-refractivity contribution >= 4 is 5.91 Å². The average Bonchev–Trinajstić information content (AvgIpc) is 1.96. The van der Waals surface area contributed by atoms with Crippen molar-refractivity contribution in [3.63, 3.8) is 0 Å². The van der Waals surface area contributed by atoms with Gasteiger partial charge in [0.15, 0.2) is 0 Å². The molecule has 2 N–H and O–H groups in total. The number of primary amides is 1. The molecule has 0 fully saturated rings. The Hall–Kier alpha value is -1.57. The summed E-state index contributed by atoms with van der Waals surface area (Å²) >= 11 is 0. The van der Waals surface area contributed by atoms with Gasteiger partial charge in [0.05, 0.1) is 0 Å². The molecule has 0 aliphatic rings. The van der Waals surface area contributed by atoms with Gasteiger partial charge in [-0.05, 0) is 0 Å². The third-order valence-electron chi connectivity index (χ3n) is 0.841. The summed E-state index contributed by atoms with van der Waals surface area (Å²) in [6.07, 6.45) is 11.6. The lowest BCUT2D eigenvalue weighted by molar-refractivity contribution is -0.113. The largest absolute Gasteiger partial charge is 0.366 e. The molecule has 0 aliphatic heterocycles. The van der Waals surface area contributed by atoms with Crippen molar-refractivity contribution in [1.29, 1.82) is 0 Å². The van der Waals surface area contributed by atoms with Gasteiger partial charge < -0.3 is 5.73 Å². The molecule has 0 saturated carbocycles.